The Labute approximate surface area is 182 Å². The van der Waals surface area contributed by atoms with E-state index in [9.17, 15) is 18.0 Å². The average Bonchev–Trinajstić information content (AvgIpc) is 3.41. The number of rotatable bonds is 3. The predicted octanol–water partition coefficient (Wildman–Crippen LogP) is 2.55. The molecular formula is C21H22F3N5O3. The fraction of sp³-hybridized carbons (Fsp3) is 0.429. The number of aryl methyl sites for hydroxylation is 1. The molecule has 1 N–H and O–H groups in total. The minimum absolute atomic E-state index is 0.0378. The first kappa shape index (κ1) is 23.3. The summed E-state index contributed by atoms with van der Waals surface area (Å²) in [6, 6.07) is 9.41. The molecule has 32 heavy (non-hydrogen) atoms. The van der Waals surface area contributed by atoms with E-state index in [1.807, 2.05) is 41.0 Å². The van der Waals surface area contributed by atoms with Crippen molar-refractivity contribution in [3.05, 3.63) is 48.0 Å². The number of carboxylic acid groups (broad SMARTS) is 1. The molecule has 8 nitrogen and oxygen atoms in total. The van der Waals surface area contributed by atoms with Crippen molar-refractivity contribution in [2.24, 2.45) is 12.5 Å². The summed E-state index contributed by atoms with van der Waals surface area (Å²) in [5.74, 6) is -1.51. The van der Waals surface area contributed by atoms with Gasteiger partial charge in [0.05, 0.1) is 18.2 Å². The van der Waals surface area contributed by atoms with Crippen molar-refractivity contribution in [1.29, 1.82) is 5.26 Å². The summed E-state index contributed by atoms with van der Waals surface area (Å²) < 4.78 is 33.8. The fourth-order valence-electron chi connectivity index (χ4n) is 4.03. The summed E-state index contributed by atoms with van der Waals surface area (Å²) in [6.07, 6.45) is 0.347. The normalized spacial score (nSPS) is 20.8. The molecule has 1 spiro atoms. The van der Waals surface area contributed by atoms with Crippen molar-refractivity contribution in [3.8, 4) is 6.07 Å². The molecule has 1 unspecified atom stereocenters. The Kier molecular flexibility index (Phi) is 6.55. The van der Waals surface area contributed by atoms with E-state index in [-0.39, 0.29) is 11.3 Å². The molecule has 0 bridgehead atoms. The molecule has 2 aliphatic rings. The molecule has 0 radical (unpaired) electrons. The number of imidazole rings is 1. The Morgan fingerprint density at radius 1 is 1.28 bits per heavy atom. The topological polar surface area (TPSA) is 102 Å². The fourth-order valence-corrected chi connectivity index (χ4v) is 4.03. The van der Waals surface area contributed by atoms with Crippen molar-refractivity contribution in [1.82, 2.24) is 14.5 Å². The molecule has 1 amide bonds. The molecule has 1 aromatic heterocycles. The number of aliphatic carboxylic acids is 1. The lowest BCUT2D eigenvalue weighted by Crippen LogP contribution is -2.31. The Bertz CT molecular complexity index is 1030. The molecule has 11 heteroatoms. The largest absolute Gasteiger partial charge is 0.490 e. The number of benzene rings is 1. The molecule has 1 aromatic carbocycles. The van der Waals surface area contributed by atoms with Gasteiger partial charge in [-0.2, -0.15) is 18.4 Å². The molecule has 170 valence electrons. The van der Waals surface area contributed by atoms with Crippen molar-refractivity contribution < 1.29 is 27.9 Å². The molecule has 2 aromatic rings. The van der Waals surface area contributed by atoms with E-state index in [1.54, 1.807) is 12.1 Å². The Balaban J connectivity index is 0.000000360. The second-order valence-electron chi connectivity index (χ2n) is 8.03. The molecular weight excluding hydrogens is 427 g/mol. The standard InChI is InChI=1S/C19H21N5O.C2HF3O2/c1-22-9-7-21-17(22)12-23-8-6-19(13-23)10-18(25)24(14-19)16-4-2-15(11-20)3-5-16;3-2(4,5)1(6)7/h2-5,7,9H,6,8,10,12-14H2,1H3;(H,6,7). The molecule has 2 fully saturated rings. The summed E-state index contributed by atoms with van der Waals surface area (Å²) in [5.41, 5.74) is 1.55. The number of amides is 1. The van der Waals surface area contributed by atoms with E-state index >= 15 is 0 Å². The maximum absolute atomic E-state index is 12.6. The number of likely N-dealkylation sites (tertiary alicyclic amines) is 1. The van der Waals surface area contributed by atoms with Crippen LogP contribution in [0.15, 0.2) is 36.7 Å². The average molecular weight is 449 g/mol. The zero-order valence-electron chi connectivity index (χ0n) is 17.3. The minimum Gasteiger partial charge on any atom is -0.475 e. The van der Waals surface area contributed by atoms with Gasteiger partial charge in [0, 0.05) is 50.1 Å². The van der Waals surface area contributed by atoms with Crippen LogP contribution < -0.4 is 4.90 Å². The smallest absolute Gasteiger partial charge is 0.475 e. The molecule has 2 aliphatic heterocycles. The lowest BCUT2D eigenvalue weighted by atomic mass is 9.86. The first-order valence-corrected chi connectivity index (χ1v) is 9.82. The number of carboxylic acids is 1. The van der Waals surface area contributed by atoms with Gasteiger partial charge < -0.3 is 14.6 Å². The molecule has 4 rings (SSSR count). The van der Waals surface area contributed by atoms with Crippen LogP contribution in [0.25, 0.3) is 0 Å². The maximum atomic E-state index is 12.6. The van der Waals surface area contributed by atoms with Gasteiger partial charge in [0.25, 0.3) is 0 Å². The third-order valence-corrected chi connectivity index (χ3v) is 5.67. The highest BCUT2D eigenvalue weighted by Crippen LogP contribution is 2.42. The van der Waals surface area contributed by atoms with E-state index in [0.717, 1.165) is 44.1 Å². The number of alkyl halides is 3. The van der Waals surface area contributed by atoms with Gasteiger partial charge in [0.2, 0.25) is 5.91 Å². The van der Waals surface area contributed by atoms with Crippen LogP contribution in [0.4, 0.5) is 18.9 Å². The van der Waals surface area contributed by atoms with Crippen LogP contribution in [0, 0.1) is 16.7 Å². The number of nitriles is 1. The SMILES string of the molecule is Cn1ccnc1CN1CCC2(CC(=O)N(c3ccc(C#N)cc3)C2)C1.O=C(O)C(F)(F)F. The zero-order chi connectivity index (χ0) is 23.5. The lowest BCUT2D eigenvalue weighted by Gasteiger charge is -2.24. The summed E-state index contributed by atoms with van der Waals surface area (Å²) >= 11 is 0. The van der Waals surface area contributed by atoms with Crippen LogP contribution >= 0.6 is 0 Å². The van der Waals surface area contributed by atoms with E-state index in [2.05, 4.69) is 16.0 Å². The second-order valence-corrected chi connectivity index (χ2v) is 8.03. The summed E-state index contributed by atoms with van der Waals surface area (Å²) in [7, 11) is 2.01. The van der Waals surface area contributed by atoms with Crippen LogP contribution in [-0.2, 0) is 23.2 Å². The van der Waals surface area contributed by atoms with Gasteiger partial charge in [-0.15, -0.1) is 0 Å². The molecule has 3 heterocycles. The molecule has 0 aliphatic carbocycles. The Morgan fingerprint density at radius 3 is 2.47 bits per heavy atom. The number of nitrogens with zero attached hydrogens (tertiary/aromatic N) is 5. The van der Waals surface area contributed by atoms with E-state index in [4.69, 9.17) is 15.2 Å². The van der Waals surface area contributed by atoms with E-state index in [1.165, 1.54) is 0 Å². The van der Waals surface area contributed by atoms with Crippen LogP contribution in [0.1, 0.15) is 24.2 Å². The maximum Gasteiger partial charge on any atom is 0.490 e. The number of hydrogen-bond donors (Lipinski definition) is 1. The third-order valence-electron chi connectivity index (χ3n) is 5.67. The Hall–Kier alpha value is -3.39. The molecule has 1 atom stereocenters. The molecule has 0 saturated carbocycles. The lowest BCUT2D eigenvalue weighted by molar-refractivity contribution is -0.192. The van der Waals surface area contributed by atoms with Gasteiger partial charge in [-0.1, -0.05) is 0 Å². The van der Waals surface area contributed by atoms with Gasteiger partial charge in [-0.05, 0) is 37.2 Å². The predicted molar refractivity (Wildman–Crippen MR) is 107 cm³/mol. The van der Waals surface area contributed by atoms with Crippen molar-refractivity contribution >= 4 is 17.6 Å². The van der Waals surface area contributed by atoms with Gasteiger partial charge in [0.15, 0.2) is 0 Å². The van der Waals surface area contributed by atoms with Gasteiger partial charge in [-0.25, -0.2) is 9.78 Å². The number of carbonyl (C=O) groups excluding carboxylic acids is 1. The monoisotopic (exact) mass is 449 g/mol. The van der Waals surface area contributed by atoms with Crippen LogP contribution in [0.3, 0.4) is 0 Å². The number of halogens is 3. The summed E-state index contributed by atoms with van der Waals surface area (Å²) in [6.45, 7) is 3.52. The molecule has 2 saturated heterocycles. The third kappa shape index (κ3) is 5.26. The highest BCUT2D eigenvalue weighted by molar-refractivity contribution is 5.96. The highest BCUT2D eigenvalue weighted by Gasteiger charge is 2.47. The van der Waals surface area contributed by atoms with Crippen molar-refractivity contribution in [2.45, 2.75) is 25.6 Å². The first-order chi connectivity index (χ1) is 15.0. The minimum atomic E-state index is -5.08. The van der Waals surface area contributed by atoms with Crippen LogP contribution in [0.5, 0.6) is 0 Å². The zero-order valence-corrected chi connectivity index (χ0v) is 17.3. The second kappa shape index (κ2) is 9.00. The van der Waals surface area contributed by atoms with E-state index < -0.39 is 12.1 Å². The van der Waals surface area contributed by atoms with Gasteiger partial charge in [0.1, 0.15) is 5.82 Å². The number of carbonyl (C=O) groups is 2. The van der Waals surface area contributed by atoms with Gasteiger partial charge >= 0.3 is 12.1 Å². The van der Waals surface area contributed by atoms with E-state index in [0.29, 0.717) is 12.0 Å². The quantitative estimate of drug-likeness (QED) is 0.773. The van der Waals surface area contributed by atoms with Crippen LogP contribution in [-0.4, -0.2) is 57.2 Å². The first-order valence-electron chi connectivity index (χ1n) is 9.82. The summed E-state index contributed by atoms with van der Waals surface area (Å²) in [4.78, 5) is 30.2. The number of anilines is 1. The van der Waals surface area contributed by atoms with Crippen molar-refractivity contribution in [2.75, 3.05) is 24.5 Å². The van der Waals surface area contributed by atoms with Gasteiger partial charge in [-0.3, -0.25) is 9.69 Å². The van der Waals surface area contributed by atoms with Crippen LogP contribution in [0.2, 0.25) is 0 Å². The number of hydrogen-bond acceptors (Lipinski definition) is 5. The number of aromatic nitrogens is 2. The Morgan fingerprint density at radius 2 is 1.94 bits per heavy atom. The van der Waals surface area contributed by atoms with Crippen molar-refractivity contribution in [3.63, 3.8) is 0 Å². The highest BCUT2D eigenvalue weighted by atomic mass is 19.4. The summed E-state index contributed by atoms with van der Waals surface area (Å²) in [5, 5.41) is 16.0.